The molecule has 94 valence electrons. The van der Waals surface area contributed by atoms with E-state index in [1.54, 1.807) is 18.7 Å². The Morgan fingerprint density at radius 2 is 2.05 bits per heavy atom. The highest BCUT2D eigenvalue weighted by atomic mass is 16.1. The minimum absolute atomic E-state index is 0.0801. The second kappa shape index (κ2) is 4.89. The van der Waals surface area contributed by atoms with Crippen molar-refractivity contribution >= 4 is 22.6 Å². The zero-order valence-corrected chi connectivity index (χ0v) is 10.1. The summed E-state index contributed by atoms with van der Waals surface area (Å²) < 4.78 is 0. The zero-order chi connectivity index (χ0) is 13.1. The number of amides is 1. The summed E-state index contributed by atoms with van der Waals surface area (Å²) in [6, 6.07) is 9.60. The lowest BCUT2D eigenvalue weighted by Gasteiger charge is -2.05. The van der Waals surface area contributed by atoms with Crippen LogP contribution in [-0.2, 0) is 11.2 Å². The van der Waals surface area contributed by atoms with Crippen molar-refractivity contribution in [2.45, 2.75) is 6.42 Å². The van der Waals surface area contributed by atoms with Crippen molar-refractivity contribution in [1.82, 2.24) is 15.0 Å². The van der Waals surface area contributed by atoms with E-state index in [9.17, 15) is 4.79 Å². The number of hydrogen-bond donors (Lipinski definition) is 2. The summed E-state index contributed by atoms with van der Waals surface area (Å²) >= 11 is 0. The van der Waals surface area contributed by atoms with Gasteiger partial charge in [-0.1, -0.05) is 30.3 Å². The van der Waals surface area contributed by atoms with Crippen LogP contribution in [0, 0.1) is 0 Å². The number of pyridine rings is 1. The number of aromatic amines is 1. The van der Waals surface area contributed by atoms with Gasteiger partial charge in [0.25, 0.3) is 0 Å². The smallest absolute Gasteiger partial charge is 0.228 e. The molecule has 0 aliphatic rings. The molecule has 0 atom stereocenters. The number of benzene rings is 1. The van der Waals surface area contributed by atoms with E-state index in [-0.39, 0.29) is 5.91 Å². The van der Waals surface area contributed by atoms with Crippen LogP contribution in [0.1, 0.15) is 5.56 Å². The number of nitrogens with one attached hydrogen (secondary N) is 2. The van der Waals surface area contributed by atoms with E-state index >= 15 is 0 Å². The topological polar surface area (TPSA) is 70.7 Å². The summed E-state index contributed by atoms with van der Waals surface area (Å²) in [7, 11) is 0. The third kappa shape index (κ3) is 2.44. The molecule has 1 aromatic carbocycles. The molecule has 0 saturated heterocycles. The van der Waals surface area contributed by atoms with E-state index < -0.39 is 0 Å². The van der Waals surface area contributed by atoms with Crippen LogP contribution in [0.5, 0.6) is 0 Å². The summed E-state index contributed by atoms with van der Waals surface area (Å²) in [5.74, 6) is -0.0801. The molecule has 0 bridgehead atoms. The van der Waals surface area contributed by atoms with Crippen LogP contribution in [-0.4, -0.2) is 20.9 Å². The summed E-state index contributed by atoms with van der Waals surface area (Å²) in [6.07, 6.45) is 5.20. The number of fused-ring (bicyclic) bond motifs is 1. The molecule has 2 aromatic heterocycles. The summed E-state index contributed by atoms with van der Waals surface area (Å²) in [6.45, 7) is 0. The molecule has 2 N–H and O–H groups in total. The molecule has 0 unspecified atom stereocenters. The number of imidazole rings is 1. The van der Waals surface area contributed by atoms with Gasteiger partial charge >= 0.3 is 0 Å². The van der Waals surface area contributed by atoms with Crippen molar-refractivity contribution in [3.8, 4) is 0 Å². The molecule has 3 rings (SSSR count). The first-order valence-corrected chi connectivity index (χ1v) is 5.94. The molecule has 0 spiro atoms. The van der Waals surface area contributed by atoms with E-state index in [0.717, 1.165) is 16.6 Å². The minimum Gasteiger partial charge on any atom is -0.343 e. The summed E-state index contributed by atoms with van der Waals surface area (Å²) in [5.41, 5.74) is 3.12. The van der Waals surface area contributed by atoms with Crippen LogP contribution in [0.4, 0.5) is 5.69 Å². The number of carbonyl (C=O) groups is 1. The molecule has 5 nitrogen and oxygen atoms in total. The van der Waals surface area contributed by atoms with Gasteiger partial charge < -0.3 is 10.3 Å². The molecular weight excluding hydrogens is 240 g/mol. The first-order chi connectivity index (χ1) is 9.33. The Kier molecular flexibility index (Phi) is 2.94. The lowest BCUT2D eigenvalue weighted by molar-refractivity contribution is -0.115. The Hall–Kier alpha value is -2.69. The molecule has 0 fully saturated rings. The second-order valence-corrected chi connectivity index (χ2v) is 4.20. The fourth-order valence-corrected chi connectivity index (χ4v) is 1.93. The maximum atomic E-state index is 12.0. The quantitative estimate of drug-likeness (QED) is 0.750. The van der Waals surface area contributed by atoms with Gasteiger partial charge in [0, 0.05) is 0 Å². The summed E-state index contributed by atoms with van der Waals surface area (Å²) in [4.78, 5) is 23.2. The number of hydrogen-bond acceptors (Lipinski definition) is 3. The highest BCUT2D eigenvalue weighted by Crippen LogP contribution is 2.18. The normalized spacial score (nSPS) is 10.5. The molecule has 3 aromatic rings. The van der Waals surface area contributed by atoms with E-state index in [2.05, 4.69) is 20.3 Å². The number of carbonyl (C=O) groups excluding carboxylic acids is 1. The Bertz CT molecular complexity index is 706. The van der Waals surface area contributed by atoms with Gasteiger partial charge in [0.15, 0.2) is 0 Å². The number of aromatic nitrogens is 3. The van der Waals surface area contributed by atoms with Crippen molar-refractivity contribution < 1.29 is 4.79 Å². The number of rotatable bonds is 3. The molecule has 0 aliphatic heterocycles. The van der Waals surface area contributed by atoms with Gasteiger partial charge in [-0.15, -0.1) is 0 Å². The highest BCUT2D eigenvalue weighted by Gasteiger charge is 2.08. The fourth-order valence-electron chi connectivity index (χ4n) is 1.93. The maximum absolute atomic E-state index is 12.0. The predicted molar refractivity (Wildman–Crippen MR) is 72.7 cm³/mol. The Morgan fingerprint density at radius 1 is 1.21 bits per heavy atom. The lowest BCUT2D eigenvalue weighted by Crippen LogP contribution is -2.14. The van der Waals surface area contributed by atoms with Crippen LogP contribution in [0.25, 0.3) is 11.0 Å². The molecular formula is C14H12N4O. The molecule has 19 heavy (non-hydrogen) atoms. The Morgan fingerprint density at radius 3 is 2.89 bits per heavy atom. The predicted octanol–water partition coefficient (Wildman–Crippen LogP) is 2.14. The summed E-state index contributed by atoms with van der Waals surface area (Å²) in [5, 5.41) is 2.84. The van der Waals surface area contributed by atoms with E-state index in [1.807, 2.05) is 30.3 Å². The zero-order valence-electron chi connectivity index (χ0n) is 10.1. The van der Waals surface area contributed by atoms with Crippen LogP contribution in [0.15, 0.2) is 49.1 Å². The average molecular weight is 252 g/mol. The standard InChI is InChI=1S/C14H12N4O/c19-13(6-10-4-2-1-3-5-10)18-12-8-15-7-11-14(12)17-9-16-11/h1-5,7-9H,6H2,(H,16,17)(H,18,19). The second-order valence-electron chi connectivity index (χ2n) is 4.20. The van der Waals surface area contributed by atoms with Gasteiger partial charge in [0.2, 0.25) is 5.91 Å². The van der Waals surface area contributed by atoms with Crippen molar-refractivity contribution in [3.05, 3.63) is 54.6 Å². The SMILES string of the molecule is O=C(Cc1ccccc1)Nc1cncc2[nH]cnc12. The molecule has 1 amide bonds. The molecule has 5 heteroatoms. The molecule has 0 radical (unpaired) electrons. The van der Waals surface area contributed by atoms with Crippen molar-refractivity contribution in [2.75, 3.05) is 5.32 Å². The fraction of sp³-hybridized carbons (Fsp3) is 0.0714. The van der Waals surface area contributed by atoms with Gasteiger partial charge in [-0.3, -0.25) is 9.78 Å². The maximum Gasteiger partial charge on any atom is 0.228 e. The molecule has 2 heterocycles. The third-order valence-electron chi connectivity index (χ3n) is 2.81. The first-order valence-electron chi connectivity index (χ1n) is 5.94. The van der Waals surface area contributed by atoms with E-state index in [1.165, 1.54) is 0 Å². The average Bonchev–Trinajstić information content (AvgIpc) is 2.89. The van der Waals surface area contributed by atoms with Crippen molar-refractivity contribution in [3.63, 3.8) is 0 Å². The number of H-pyrrole nitrogens is 1. The van der Waals surface area contributed by atoms with Gasteiger partial charge in [0.1, 0.15) is 5.52 Å². The monoisotopic (exact) mass is 252 g/mol. The van der Waals surface area contributed by atoms with Gasteiger partial charge in [0.05, 0.1) is 36.3 Å². The number of nitrogens with zero attached hydrogens (tertiary/aromatic N) is 2. The first kappa shape index (κ1) is 11.4. The van der Waals surface area contributed by atoms with Gasteiger partial charge in [-0.05, 0) is 5.56 Å². The van der Waals surface area contributed by atoms with Crippen LogP contribution in [0.2, 0.25) is 0 Å². The van der Waals surface area contributed by atoms with Crippen LogP contribution < -0.4 is 5.32 Å². The van der Waals surface area contributed by atoms with E-state index in [4.69, 9.17) is 0 Å². The third-order valence-corrected chi connectivity index (χ3v) is 2.81. The highest BCUT2D eigenvalue weighted by molar-refractivity contribution is 5.99. The minimum atomic E-state index is -0.0801. The Balaban J connectivity index is 1.78. The van der Waals surface area contributed by atoms with Crippen molar-refractivity contribution in [1.29, 1.82) is 0 Å². The van der Waals surface area contributed by atoms with Gasteiger partial charge in [-0.25, -0.2) is 4.98 Å². The van der Waals surface area contributed by atoms with E-state index in [0.29, 0.717) is 12.1 Å². The Labute approximate surface area is 109 Å². The number of anilines is 1. The van der Waals surface area contributed by atoms with Crippen molar-refractivity contribution in [2.24, 2.45) is 0 Å². The molecule has 0 saturated carbocycles. The van der Waals surface area contributed by atoms with Crippen LogP contribution >= 0.6 is 0 Å². The van der Waals surface area contributed by atoms with Crippen LogP contribution in [0.3, 0.4) is 0 Å². The molecule has 0 aliphatic carbocycles. The van der Waals surface area contributed by atoms with Gasteiger partial charge in [-0.2, -0.15) is 0 Å². The largest absolute Gasteiger partial charge is 0.343 e. The lowest BCUT2D eigenvalue weighted by atomic mass is 10.1.